The normalized spacial score (nSPS) is 11.4. The number of hydrogen-bond acceptors (Lipinski definition) is 3. The predicted octanol–water partition coefficient (Wildman–Crippen LogP) is 4.32. The summed E-state index contributed by atoms with van der Waals surface area (Å²) in [5.41, 5.74) is 4.90. The number of anilines is 1. The van der Waals surface area contributed by atoms with Gasteiger partial charge in [-0.1, -0.05) is 63.2 Å². The highest BCUT2D eigenvalue weighted by Crippen LogP contribution is 2.32. The zero-order chi connectivity index (χ0) is 18.0. The van der Waals surface area contributed by atoms with Gasteiger partial charge in [-0.2, -0.15) is 0 Å². The van der Waals surface area contributed by atoms with Crippen LogP contribution in [0.5, 0.6) is 0 Å². The third-order valence-electron chi connectivity index (χ3n) is 4.35. The SMILES string of the molecule is CC(C)c1cccc(C(C)C)c1NC(=O)Cn1nnc2ccccc21. The maximum Gasteiger partial charge on any atom is 0.246 e. The topological polar surface area (TPSA) is 59.8 Å². The molecule has 5 nitrogen and oxygen atoms in total. The number of amides is 1. The molecule has 3 aromatic rings. The average Bonchev–Trinajstić information content (AvgIpc) is 2.97. The summed E-state index contributed by atoms with van der Waals surface area (Å²) in [7, 11) is 0. The van der Waals surface area contributed by atoms with E-state index in [2.05, 4.69) is 61.5 Å². The van der Waals surface area contributed by atoms with E-state index in [-0.39, 0.29) is 12.5 Å². The second-order valence-electron chi connectivity index (χ2n) is 6.90. The van der Waals surface area contributed by atoms with E-state index in [1.807, 2.05) is 24.3 Å². The van der Waals surface area contributed by atoms with Gasteiger partial charge in [0.1, 0.15) is 12.1 Å². The molecule has 0 aliphatic rings. The highest BCUT2D eigenvalue weighted by molar-refractivity contribution is 5.93. The fourth-order valence-electron chi connectivity index (χ4n) is 3.04. The van der Waals surface area contributed by atoms with Gasteiger partial charge >= 0.3 is 0 Å². The van der Waals surface area contributed by atoms with Gasteiger partial charge in [0.25, 0.3) is 0 Å². The van der Waals surface area contributed by atoms with Crippen molar-refractivity contribution in [2.75, 3.05) is 5.32 Å². The Bertz CT molecular complexity index is 869. The van der Waals surface area contributed by atoms with Gasteiger partial charge in [0.05, 0.1) is 5.52 Å². The van der Waals surface area contributed by atoms with E-state index >= 15 is 0 Å². The number of benzene rings is 2. The molecule has 1 amide bonds. The lowest BCUT2D eigenvalue weighted by atomic mass is 9.92. The van der Waals surface area contributed by atoms with E-state index in [1.54, 1.807) is 4.68 Å². The van der Waals surface area contributed by atoms with Crippen molar-refractivity contribution in [3.8, 4) is 0 Å². The fraction of sp³-hybridized carbons (Fsp3) is 0.350. The van der Waals surface area contributed by atoms with E-state index in [9.17, 15) is 4.79 Å². The second kappa shape index (κ2) is 7.05. The Morgan fingerprint density at radius 3 is 2.28 bits per heavy atom. The number of carbonyl (C=O) groups excluding carboxylic acids is 1. The summed E-state index contributed by atoms with van der Waals surface area (Å²) in [6, 6.07) is 13.9. The molecule has 0 bridgehead atoms. The van der Waals surface area contributed by atoms with E-state index < -0.39 is 0 Å². The molecular formula is C20H24N4O. The van der Waals surface area contributed by atoms with Crippen molar-refractivity contribution in [3.63, 3.8) is 0 Å². The summed E-state index contributed by atoms with van der Waals surface area (Å²) in [4.78, 5) is 12.7. The van der Waals surface area contributed by atoms with Gasteiger partial charge in [-0.15, -0.1) is 5.10 Å². The van der Waals surface area contributed by atoms with Crippen molar-refractivity contribution in [1.82, 2.24) is 15.0 Å². The molecule has 0 spiro atoms. The molecule has 1 heterocycles. The summed E-state index contributed by atoms with van der Waals surface area (Å²) in [5, 5.41) is 11.3. The lowest BCUT2D eigenvalue weighted by Crippen LogP contribution is -2.21. The Kier molecular flexibility index (Phi) is 4.83. The van der Waals surface area contributed by atoms with Gasteiger partial charge in [-0.25, -0.2) is 4.68 Å². The van der Waals surface area contributed by atoms with Gasteiger partial charge < -0.3 is 5.32 Å². The average molecular weight is 336 g/mol. The number of nitrogens with zero attached hydrogens (tertiary/aromatic N) is 3. The van der Waals surface area contributed by atoms with Gasteiger partial charge in [0.2, 0.25) is 5.91 Å². The molecule has 0 aliphatic carbocycles. The summed E-state index contributed by atoms with van der Waals surface area (Å²) in [6.07, 6.45) is 0. The molecule has 130 valence electrons. The molecule has 0 aliphatic heterocycles. The maximum atomic E-state index is 12.7. The maximum absolute atomic E-state index is 12.7. The quantitative estimate of drug-likeness (QED) is 0.755. The Morgan fingerprint density at radius 1 is 1.00 bits per heavy atom. The van der Waals surface area contributed by atoms with Crippen molar-refractivity contribution >= 4 is 22.6 Å². The Morgan fingerprint density at radius 2 is 1.64 bits per heavy atom. The highest BCUT2D eigenvalue weighted by Gasteiger charge is 2.17. The lowest BCUT2D eigenvalue weighted by Gasteiger charge is -2.20. The Labute approximate surface area is 148 Å². The molecule has 1 N–H and O–H groups in total. The molecule has 0 saturated carbocycles. The standard InChI is InChI=1S/C20H24N4O/c1-13(2)15-8-7-9-16(14(3)4)20(15)21-19(25)12-24-18-11-6-5-10-17(18)22-23-24/h5-11,13-14H,12H2,1-4H3,(H,21,25). The molecule has 0 unspecified atom stereocenters. The van der Waals surface area contributed by atoms with Crippen molar-refractivity contribution in [1.29, 1.82) is 0 Å². The molecule has 5 heteroatoms. The van der Waals surface area contributed by atoms with Crippen molar-refractivity contribution in [2.24, 2.45) is 0 Å². The van der Waals surface area contributed by atoms with Gasteiger partial charge in [0.15, 0.2) is 0 Å². The van der Waals surface area contributed by atoms with Crippen LogP contribution in [0.25, 0.3) is 11.0 Å². The summed E-state index contributed by atoms with van der Waals surface area (Å²) in [5.74, 6) is 0.577. The van der Waals surface area contributed by atoms with E-state index in [1.165, 1.54) is 0 Å². The van der Waals surface area contributed by atoms with Gasteiger partial charge in [0, 0.05) is 5.69 Å². The van der Waals surface area contributed by atoms with Crippen LogP contribution < -0.4 is 5.32 Å². The summed E-state index contributed by atoms with van der Waals surface area (Å²) >= 11 is 0. The smallest absolute Gasteiger partial charge is 0.246 e. The second-order valence-corrected chi connectivity index (χ2v) is 6.90. The fourth-order valence-corrected chi connectivity index (χ4v) is 3.04. The molecule has 1 aromatic heterocycles. The molecule has 3 rings (SSSR count). The van der Waals surface area contributed by atoms with E-state index in [4.69, 9.17) is 0 Å². The van der Waals surface area contributed by atoms with Crippen LogP contribution in [0.3, 0.4) is 0 Å². The highest BCUT2D eigenvalue weighted by atomic mass is 16.2. The Balaban J connectivity index is 1.88. The molecule has 25 heavy (non-hydrogen) atoms. The number of rotatable bonds is 5. The first-order chi connectivity index (χ1) is 12.0. The molecule has 0 radical (unpaired) electrons. The zero-order valence-corrected chi connectivity index (χ0v) is 15.2. The van der Waals surface area contributed by atoms with Crippen LogP contribution in [-0.2, 0) is 11.3 Å². The van der Waals surface area contributed by atoms with E-state index in [0.29, 0.717) is 11.8 Å². The van der Waals surface area contributed by atoms with Crippen molar-refractivity contribution < 1.29 is 4.79 Å². The van der Waals surface area contributed by atoms with Crippen LogP contribution in [0.15, 0.2) is 42.5 Å². The molecule has 0 atom stereocenters. The third kappa shape index (κ3) is 3.55. The lowest BCUT2D eigenvalue weighted by molar-refractivity contribution is -0.116. The number of hydrogen-bond donors (Lipinski definition) is 1. The van der Waals surface area contributed by atoms with Gasteiger partial charge in [-0.3, -0.25) is 4.79 Å². The first-order valence-electron chi connectivity index (χ1n) is 8.68. The van der Waals surface area contributed by atoms with Crippen molar-refractivity contribution in [3.05, 3.63) is 53.6 Å². The van der Waals surface area contributed by atoms with Crippen LogP contribution in [-0.4, -0.2) is 20.9 Å². The van der Waals surface area contributed by atoms with Crippen LogP contribution >= 0.6 is 0 Å². The Hall–Kier alpha value is -2.69. The predicted molar refractivity (Wildman–Crippen MR) is 101 cm³/mol. The summed E-state index contributed by atoms with van der Waals surface area (Å²) < 4.78 is 1.64. The number of fused-ring (bicyclic) bond motifs is 1. The van der Waals surface area contributed by atoms with Crippen LogP contribution in [0.4, 0.5) is 5.69 Å². The zero-order valence-electron chi connectivity index (χ0n) is 15.2. The van der Waals surface area contributed by atoms with Gasteiger partial charge in [-0.05, 0) is 35.1 Å². The first-order valence-corrected chi connectivity index (χ1v) is 8.68. The first kappa shape index (κ1) is 17.1. The molecular weight excluding hydrogens is 312 g/mol. The monoisotopic (exact) mass is 336 g/mol. The molecule has 0 fully saturated rings. The van der Waals surface area contributed by atoms with Crippen LogP contribution in [0, 0.1) is 0 Å². The van der Waals surface area contributed by atoms with Crippen molar-refractivity contribution in [2.45, 2.75) is 46.1 Å². The minimum absolute atomic E-state index is 0.0920. The molecule has 0 saturated heterocycles. The summed E-state index contributed by atoms with van der Waals surface area (Å²) in [6.45, 7) is 8.70. The van der Waals surface area contributed by atoms with Crippen LogP contribution in [0.1, 0.15) is 50.7 Å². The largest absolute Gasteiger partial charge is 0.324 e. The number of carbonyl (C=O) groups is 1. The number of para-hydroxylation sites is 2. The minimum atomic E-state index is -0.0920. The third-order valence-corrected chi connectivity index (χ3v) is 4.35. The number of aromatic nitrogens is 3. The van der Waals surface area contributed by atoms with E-state index in [0.717, 1.165) is 27.8 Å². The molecule has 2 aromatic carbocycles. The number of nitrogens with one attached hydrogen (secondary N) is 1. The minimum Gasteiger partial charge on any atom is -0.324 e. The van der Waals surface area contributed by atoms with Crippen LogP contribution in [0.2, 0.25) is 0 Å².